The van der Waals surface area contributed by atoms with Crippen LogP contribution in [0, 0.1) is 13.8 Å². The van der Waals surface area contributed by atoms with Crippen molar-refractivity contribution < 1.29 is 0 Å². The van der Waals surface area contributed by atoms with Gasteiger partial charge in [0.2, 0.25) is 0 Å². The van der Waals surface area contributed by atoms with Crippen molar-refractivity contribution in [1.82, 2.24) is 0 Å². The lowest BCUT2D eigenvalue weighted by Crippen LogP contribution is -1.99. The molecule has 0 aliphatic carbocycles. The summed E-state index contributed by atoms with van der Waals surface area (Å²) >= 11 is 1.70. The summed E-state index contributed by atoms with van der Waals surface area (Å²) in [4.78, 5) is 1.18. The summed E-state index contributed by atoms with van der Waals surface area (Å²) in [7, 11) is 0. The van der Waals surface area contributed by atoms with Crippen LogP contribution in [0.5, 0.6) is 0 Å². The topological polar surface area (TPSA) is 12.0 Å². The van der Waals surface area contributed by atoms with E-state index in [9.17, 15) is 0 Å². The van der Waals surface area contributed by atoms with Crippen LogP contribution in [0.4, 0.5) is 5.69 Å². The van der Waals surface area contributed by atoms with Crippen molar-refractivity contribution in [2.24, 2.45) is 0 Å². The third-order valence-corrected chi connectivity index (χ3v) is 3.51. The first-order valence-corrected chi connectivity index (χ1v) is 6.12. The van der Waals surface area contributed by atoms with Gasteiger partial charge in [-0.25, -0.2) is 0 Å². The van der Waals surface area contributed by atoms with Gasteiger partial charge >= 0.3 is 0 Å². The molecular formula is C14H15NS. The highest BCUT2D eigenvalue weighted by molar-refractivity contribution is 7.11. The fourth-order valence-corrected chi connectivity index (χ4v) is 2.33. The van der Waals surface area contributed by atoms with Crippen molar-refractivity contribution in [1.29, 1.82) is 0 Å². The Kier molecular flexibility index (Phi) is 3.11. The number of anilines is 1. The molecule has 1 aromatic heterocycles. The first-order valence-electron chi connectivity index (χ1n) is 5.24. The summed E-state index contributed by atoms with van der Waals surface area (Å²) in [5, 5.41) is 5.46. The first kappa shape index (κ1) is 11.0. The molecule has 2 heteroatoms. The first-order chi connectivity index (χ1) is 7.68. The average molecular weight is 229 g/mol. The summed E-state index contributed by atoms with van der Waals surface area (Å²) in [5.74, 6) is 0. The molecule has 16 heavy (non-hydrogen) atoms. The van der Waals surface area contributed by atoms with Crippen molar-refractivity contribution >= 4 is 22.7 Å². The van der Waals surface area contributed by atoms with Crippen LogP contribution in [0.1, 0.15) is 16.0 Å². The summed E-state index contributed by atoms with van der Waals surface area (Å²) in [6, 6.07) is 10.4. The van der Waals surface area contributed by atoms with E-state index in [-0.39, 0.29) is 0 Å². The molecule has 1 nitrogen and oxygen atoms in total. The fraction of sp³-hybridized carbons (Fsp3) is 0.143. The summed E-state index contributed by atoms with van der Waals surface area (Å²) in [5.41, 5.74) is 4.63. The van der Waals surface area contributed by atoms with Crippen molar-refractivity contribution in [3.05, 3.63) is 58.3 Å². The zero-order chi connectivity index (χ0) is 11.5. The van der Waals surface area contributed by atoms with Gasteiger partial charge in [-0.3, -0.25) is 0 Å². The molecular weight excluding hydrogens is 214 g/mol. The van der Waals surface area contributed by atoms with E-state index in [2.05, 4.69) is 55.4 Å². The molecule has 0 atom stereocenters. The maximum Gasteiger partial charge on any atom is 0.0499 e. The summed E-state index contributed by atoms with van der Waals surface area (Å²) < 4.78 is 0. The lowest BCUT2D eigenvalue weighted by Gasteiger charge is -2.13. The van der Waals surface area contributed by atoms with Crippen molar-refractivity contribution in [2.45, 2.75) is 13.8 Å². The standard InChI is InChI=1S/C14H15NS/c1-10-6-4-7-11(2)14(10)15-12(3)13-8-5-9-16-13/h4-9,15H,3H2,1-2H3. The Morgan fingerprint density at radius 1 is 1.12 bits per heavy atom. The number of hydrogen-bond acceptors (Lipinski definition) is 2. The minimum absolute atomic E-state index is 0.965. The molecule has 82 valence electrons. The van der Waals surface area contributed by atoms with Crippen LogP contribution in [-0.4, -0.2) is 0 Å². The second kappa shape index (κ2) is 4.54. The van der Waals surface area contributed by atoms with Crippen LogP contribution < -0.4 is 5.32 Å². The number of aryl methyl sites for hydroxylation is 2. The Labute approximate surface area is 100 Å². The van der Waals surface area contributed by atoms with Crippen molar-refractivity contribution in [2.75, 3.05) is 5.32 Å². The minimum Gasteiger partial charge on any atom is -0.354 e. The maximum atomic E-state index is 4.07. The molecule has 1 aromatic carbocycles. The van der Waals surface area contributed by atoms with E-state index in [0.29, 0.717) is 0 Å². The second-order valence-electron chi connectivity index (χ2n) is 3.85. The van der Waals surface area contributed by atoms with Gasteiger partial charge < -0.3 is 5.32 Å². The van der Waals surface area contributed by atoms with Gasteiger partial charge in [-0.1, -0.05) is 30.8 Å². The highest BCUT2D eigenvalue weighted by atomic mass is 32.1. The van der Waals surface area contributed by atoms with Gasteiger partial charge in [0.25, 0.3) is 0 Å². The van der Waals surface area contributed by atoms with Crippen molar-refractivity contribution in [3.8, 4) is 0 Å². The predicted molar refractivity (Wildman–Crippen MR) is 72.9 cm³/mol. The monoisotopic (exact) mass is 229 g/mol. The van der Waals surface area contributed by atoms with Gasteiger partial charge in [-0.2, -0.15) is 0 Å². The molecule has 0 amide bonds. The number of para-hydroxylation sites is 1. The normalized spacial score (nSPS) is 10.1. The molecule has 0 radical (unpaired) electrons. The van der Waals surface area contributed by atoms with Crippen molar-refractivity contribution in [3.63, 3.8) is 0 Å². The molecule has 0 unspecified atom stereocenters. The Morgan fingerprint density at radius 3 is 2.38 bits per heavy atom. The number of thiophene rings is 1. The molecule has 0 fully saturated rings. The van der Waals surface area contributed by atoms with Crippen LogP contribution in [0.2, 0.25) is 0 Å². The zero-order valence-electron chi connectivity index (χ0n) is 9.58. The van der Waals surface area contributed by atoms with E-state index in [0.717, 1.165) is 5.70 Å². The number of rotatable bonds is 3. The van der Waals surface area contributed by atoms with Gasteiger partial charge in [0.15, 0.2) is 0 Å². The molecule has 1 N–H and O–H groups in total. The Balaban J connectivity index is 2.25. The Hall–Kier alpha value is -1.54. The van der Waals surface area contributed by atoms with Gasteiger partial charge in [-0.15, -0.1) is 11.3 Å². The van der Waals surface area contributed by atoms with Crippen LogP contribution in [0.25, 0.3) is 5.70 Å². The SMILES string of the molecule is C=C(Nc1c(C)cccc1C)c1cccs1. The fourth-order valence-electron chi connectivity index (χ4n) is 1.67. The van der Waals surface area contributed by atoms with Gasteiger partial charge in [-0.05, 0) is 36.4 Å². The predicted octanol–water partition coefficient (Wildman–Crippen LogP) is 4.45. The molecule has 0 aliphatic heterocycles. The Bertz CT molecular complexity index is 477. The van der Waals surface area contributed by atoms with Crippen LogP contribution in [0.3, 0.4) is 0 Å². The highest BCUT2D eigenvalue weighted by Crippen LogP contribution is 2.25. The molecule has 0 bridgehead atoms. The van der Waals surface area contributed by atoms with E-state index in [1.807, 2.05) is 6.07 Å². The highest BCUT2D eigenvalue weighted by Gasteiger charge is 2.04. The lowest BCUT2D eigenvalue weighted by atomic mass is 10.1. The van der Waals surface area contributed by atoms with Crippen LogP contribution in [0.15, 0.2) is 42.3 Å². The molecule has 2 aromatic rings. The van der Waals surface area contributed by atoms with Gasteiger partial charge in [0, 0.05) is 16.3 Å². The Morgan fingerprint density at radius 2 is 1.81 bits per heavy atom. The molecule has 0 aliphatic rings. The molecule has 0 saturated carbocycles. The largest absolute Gasteiger partial charge is 0.354 e. The van der Waals surface area contributed by atoms with Crippen LogP contribution >= 0.6 is 11.3 Å². The van der Waals surface area contributed by atoms with Crippen LogP contribution in [-0.2, 0) is 0 Å². The number of benzene rings is 1. The maximum absolute atomic E-state index is 4.07. The zero-order valence-corrected chi connectivity index (χ0v) is 10.4. The third kappa shape index (κ3) is 2.17. The summed E-state index contributed by atoms with van der Waals surface area (Å²) in [6.07, 6.45) is 0. The molecule has 2 rings (SSSR count). The minimum atomic E-state index is 0.965. The van der Waals surface area contributed by atoms with E-state index in [1.165, 1.54) is 21.7 Å². The van der Waals surface area contributed by atoms with E-state index >= 15 is 0 Å². The average Bonchev–Trinajstić information content (AvgIpc) is 2.76. The second-order valence-corrected chi connectivity index (χ2v) is 4.80. The van der Waals surface area contributed by atoms with E-state index < -0.39 is 0 Å². The van der Waals surface area contributed by atoms with E-state index in [4.69, 9.17) is 0 Å². The molecule has 0 saturated heterocycles. The lowest BCUT2D eigenvalue weighted by molar-refractivity contribution is 1.37. The van der Waals surface area contributed by atoms with Gasteiger partial charge in [0.1, 0.15) is 0 Å². The van der Waals surface area contributed by atoms with Gasteiger partial charge in [0.05, 0.1) is 0 Å². The van der Waals surface area contributed by atoms with E-state index in [1.54, 1.807) is 11.3 Å². The molecule has 1 heterocycles. The number of nitrogens with one attached hydrogen (secondary N) is 1. The summed E-state index contributed by atoms with van der Waals surface area (Å²) in [6.45, 7) is 8.29. The molecule has 0 spiro atoms. The quantitative estimate of drug-likeness (QED) is 0.820. The third-order valence-electron chi connectivity index (χ3n) is 2.58. The number of hydrogen-bond donors (Lipinski definition) is 1. The smallest absolute Gasteiger partial charge is 0.0499 e.